The molecule has 0 radical (unpaired) electrons. The van der Waals surface area contributed by atoms with Gasteiger partial charge in [0.25, 0.3) is 0 Å². The number of methoxy groups -OCH3 is 1. The molecule has 0 amide bonds. The van der Waals surface area contributed by atoms with Gasteiger partial charge in [-0.25, -0.2) is 14.4 Å². The Balaban J connectivity index is 0.00000141. The summed E-state index contributed by atoms with van der Waals surface area (Å²) < 4.78 is 21.1. The summed E-state index contributed by atoms with van der Waals surface area (Å²) >= 11 is 3.03. The lowest BCUT2D eigenvalue weighted by atomic mass is 9.96. The third-order valence-electron chi connectivity index (χ3n) is 5.06. The van der Waals surface area contributed by atoms with Gasteiger partial charge in [0.1, 0.15) is 11.6 Å². The predicted octanol–water partition coefficient (Wildman–Crippen LogP) is 4.69. The Morgan fingerprint density at radius 2 is 1.66 bits per heavy atom. The van der Waals surface area contributed by atoms with Crippen molar-refractivity contribution in [2.45, 2.75) is 6.92 Å². The summed E-state index contributed by atoms with van der Waals surface area (Å²) in [5.74, 6) is 0.747. The summed E-state index contributed by atoms with van der Waals surface area (Å²) in [6.07, 6.45) is 3.39. The van der Waals surface area contributed by atoms with Crippen molar-refractivity contribution in [1.82, 2.24) is 15.0 Å². The topological polar surface area (TPSA) is 98.0 Å². The molecule has 3 heterocycles. The number of aryl methyl sites for hydroxylation is 1. The zero-order valence-electron chi connectivity index (χ0n) is 18.3. The Kier molecular flexibility index (Phi) is 7.45. The van der Waals surface area contributed by atoms with Crippen LogP contribution in [0.5, 0.6) is 5.88 Å². The van der Waals surface area contributed by atoms with E-state index in [4.69, 9.17) is 4.74 Å². The number of hydrogen-bond donors (Lipinski definition) is 4. The first-order chi connectivity index (χ1) is 15.5. The lowest BCUT2D eigenvalue weighted by Gasteiger charge is -2.14. The van der Waals surface area contributed by atoms with Crippen LogP contribution in [0.2, 0.25) is 0 Å². The second-order valence-corrected chi connectivity index (χ2v) is 6.83. The number of pyridine rings is 3. The molecule has 7 nitrogen and oxygen atoms in total. The molecule has 0 fully saturated rings. The standard InChI is InChI=1S/C23H22FN5O.H3NS/c1-13-18(8-14-11-27-21(26-3)10-20(14)29-13)16-6-5-7-17(22(16)24)19-9-15(25-2)12-28-23(19)30-4;1-2/h5-12,25H,1-4H3,(H,26,27);2H,1H2. The van der Waals surface area contributed by atoms with E-state index in [2.05, 4.69) is 43.5 Å². The van der Waals surface area contributed by atoms with Crippen LogP contribution < -0.4 is 20.5 Å². The van der Waals surface area contributed by atoms with Crippen LogP contribution in [-0.4, -0.2) is 36.2 Å². The molecular weight excluding hydrogens is 427 g/mol. The van der Waals surface area contributed by atoms with E-state index in [0.717, 1.165) is 33.7 Å². The number of rotatable bonds is 5. The predicted molar refractivity (Wildman–Crippen MR) is 132 cm³/mol. The molecule has 4 N–H and O–H groups in total. The van der Waals surface area contributed by atoms with Crippen molar-refractivity contribution < 1.29 is 9.13 Å². The summed E-state index contributed by atoms with van der Waals surface area (Å²) in [6, 6.07) is 10.9. The Morgan fingerprint density at radius 3 is 2.31 bits per heavy atom. The zero-order chi connectivity index (χ0) is 23.3. The number of hydrogen-bond acceptors (Lipinski definition) is 8. The maximum atomic E-state index is 15.7. The van der Waals surface area contributed by atoms with E-state index >= 15 is 4.39 Å². The largest absolute Gasteiger partial charge is 0.481 e. The molecule has 4 aromatic rings. The average Bonchev–Trinajstić information content (AvgIpc) is 2.84. The van der Waals surface area contributed by atoms with Gasteiger partial charge in [0, 0.05) is 59.7 Å². The lowest BCUT2D eigenvalue weighted by molar-refractivity contribution is 0.399. The van der Waals surface area contributed by atoms with Gasteiger partial charge in [-0.05, 0) is 19.1 Å². The van der Waals surface area contributed by atoms with E-state index in [-0.39, 0.29) is 5.82 Å². The highest BCUT2D eigenvalue weighted by molar-refractivity contribution is 7.77. The Bertz CT molecular complexity index is 1250. The fraction of sp³-hybridized carbons (Fsp3) is 0.174. The third-order valence-corrected chi connectivity index (χ3v) is 5.06. The van der Waals surface area contributed by atoms with Crippen molar-refractivity contribution in [2.24, 2.45) is 5.14 Å². The maximum Gasteiger partial charge on any atom is 0.221 e. The van der Waals surface area contributed by atoms with Gasteiger partial charge in [0.15, 0.2) is 0 Å². The number of aromatic nitrogens is 3. The van der Waals surface area contributed by atoms with Gasteiger partial charge >= 0.3 is 0 Å². The van der Waals surface area contributed by atoms with Gasteiger partial charge in [0.2, 0.25) is 5.88 Å². The van der Waals surface area contributed by atoms with Crippen molar-refractivity contribution >= 4 is 35.2 Å². The van der Waals surface area contributed by atoms with E-state index in [1.165, 1.54) is 7.11 Å². The van der Waals surface area contributed by atoms with Crippen LogP contribution in [0.4, 0.5) is 15.9 Å². The van der Waals surface area contributed by atoms with Crippen LogP contribution in [0.1, 0.15) is 5.69 Å². The van der Waals surface area contributed by atoms with Crippen molar-refractivity contribution in [3.63, 3.8) is 0 Å². The quantitative estimate of drug-likeness (QED) is 0.326. The number of halogens is 1. The molecule has 0 aliphatic rings. The first-order valence-electron chi connectivity index (χ1n) is 9.77. The maximum absolute atomic E-state index is 15.7. The summed E-state index contributed by atoms with van der Waals surface area (Å²) in [6.45, 7) is 1.88. The minimum atomic E-state index is -0.352. The lowest BCUT2D eigenvalue weighted by Crippen LogP contribution is -1.99. The van der Waals surface area contributed by atoms with Crippen LogP contribution in [0.15, 0.2) is 48.8 Å². The molecule has 0 saturated heterocycles. The van der Waals surface area contributed by atoms with Crippen molar-refractivity contribution in [1.29, 1.82) is 0 Å². The molecule has 166 valence electrons. The molecule has 1 aromatic carbocycles. The van der Waals surface area contributed by atoms with Crippen LogP contribution >= 0.6 is 12.8 Å². The number of thiol groups is 1. The van der Waals surface area contributed by atoms with Crippen molar-refractivity contribution in [3.8, 4) is 28.1 Å². The number of anilines is 2. The zero-order valence-corrected chi connectivity index (χ0v) is 19.2. The SMILES string of the molecule is CNc1cnc(OC)c(-c2cccc(-c3cc4cnc(NC)cc4nc3C)c2F)c1.NS. The van der Waals surface area contributed by atoms with Crippen LogP contribution in [0, 0.1) is 12.7 Å². The Morgan fingerprint density at radius 1 is 0.938 bits per heavy atom. The van der Waals surface area contributed by atoms with Crippen molar-refractivity contribution in [2.75, 3.05) is 31.8 Å². The summed E-state index contributed by atoms with van der Waals surface area (Å²) in [7, 11) is 5.12. The molecule has 3 aromatic heterocycles. The van der Waals surface area contributed by atoms with E-state index in [0.29, 0.717) is 22.6 Å². The molecule has 4 rings (SSSR count). The Hall–Kier alpha value is -3.43. The highest BCUT2D eigenvalue weighted by Crippen LogP contribution is 2.37. The fourth-order valence-electron chi connectivity index (χ4n) is 3.47. The van der Waals surface area contributed by atoms with E-state index < -0.39 is 0 Å². The minimum Gasteiger partial charge on any atom is -0.481 e. The molecule has 0 spiro atoms. The number of nitrogens with one attached hydrogen (secondary N) is 2. The first kappa shape index (κ1) is 23.2. The van der Waals surface area contributed by atoms with Gasteiger partial charge in [-0.1, -0.05) is 18.2 Å². The normalized spacial score (nSPS) is 10.3. The highest BCUT2D eigenvalue weighted by Gasteiger charge is 2.18. The fourth-order valence-corrected chi connectivity index (χ4v) is 3.47. The van der Waals surface area contributed by atoms with Crippen LogP contribution in [0.3, 0.4) is 0 Å². The Labute approximate surface area is 191 Å². The second-order valence-electron chi connectivity index (χ2n) is 6.83. The van der Waals surface area contributed by atoms with E-state index in [1.807, 2.05) is 38.2 Å². The van der Waals surface area contributed by atoms with Gasteiger partial charge in [-0.15, -0.1) is 12.8 Å². The van der Waals surface area contributed by atoms with E-state index in [9.17, 15) is 0 Å². The van der Waals surface area contributed by atoms with Crippen LogP contribution in [0.25, 0.3) is 33.2 Å². The average molecular weight is 453 g/mol. The molecule has 0 atom stereocenters. The highest BCUT2D eigenvalue weighted by atomic mass is 32.1. The molecular formula is C23H25FN6OS. The summed E-state index contributed by atoms with van der Waals surface area (Å²) in [5, 5.41) is 11.1. The number of fused-ring (bicyclic) bond motifs is 1. The van der Waals surface area contributed by atoms with Crippen LogP contribution in [-0.2, 0) is 0 Å². The van der Waals surface area contributed by atoms with E-state index in [1.54, 1.807) is 31.6 Å². The molecule has 0 unspecified atom stereocenters. The smallest absolute Gasteiger partial charge is 0.221 e. The van der Waals surface area contributed by atoms with Crippen molar-refractivity contribution in [3.05, 3.63) is 60.3 Å². The monoisotopic (exact) mass is 452 g/mol. The molecule has 0 bridgehead atoms. The summed E-state index contributed by atoms with van der Waals surface area (Å²) in [4.78, 5) is 13.3. The van der Waals surface area contributed by atoms with Gasteiger partial charge < -0.3 is 15.4 Å². The number of ether oxygens (including phenoxy) is 1. The second kappa shape index (κ2) is 10.3. The minimum absolute atomic E-state index is 0.352. The van der Waals surface area contributed by atoms with Gasteiger partial charge in [0.05, 0.1) is 24.5 Å². The summed E-state index contributed by atoms with van der Waals surface area (Å²) in [5.41, 5.74) is 4.49. The molecule has 0 aliphatic carbocycles. The molecule has 32 heavy (non-hydrogen) atoms. The molecule has 0 saturated carbocycles. The van der Waals surface area contributed by atoms with Gasteiger partial charge in [-0.3, -0.25) is 10.1 Å². The van der Waals surface area contributed by atoms with Gasteiger partial charge in [-0.2, -0.15) is 0 Å². The molecule has 9 heteroatoms. The number of nitrogens with zero attached hydrogens (tertiary/aromatic N) is 3. The number of nitrogens with two attached hydrogens (primary N) is 1. The number of benzene rings is 1. The molecule has 0 aliphatic heterocycles. The first-order valence-corrected chi connectivity index (χ1v) is 10.3. The third kappa shape index (κ3) is 4.44.